The molecule has 0 saturated heterocycles. The summed E-state index contributed by atoms with van der Waals surface area (Å²) in [5.41, 5.74) is 3.71. The first-order valence-corrected chi connectivity index (χ1v) is 5.79. The molecule has 0 aliphatic rings. The third-order valence-electron chi connectivity index (χ3n) is 2.30. The molecule has 0 saturated carbocycles. The Bertz CT molecular complexity index is 553. The third-order valence-corrected chi connectivity index (χ3v) is 2.61. The van der Waals surface area contributed by atoms with Gasteiger partial charge in [0, 0.05) is 11.1 Å². The van der Waals surface area contributed by atoms with Crippen LogP contribution in [0.15, 0.2) is 65.8 Å². The molecule has 0 fully saturated rings. The van der Waals surface area contributed by atoms with Gasteiger partial charge in [0.2, 0.25) is 0 Å². The number of amides is 1. The maximum atomic E-state index is 11.7. The van der Waals surface area contributed by atoms with E-state index in [4.69, 9.17) is 11.6 Å². The molecule has 0 atom stereocenters. The molecular weight excluding hydrogens is 248 g/mol. The van der Waals surface area contributed by atoms with Crippen LogP contribution in [0, 0.1) is 0 Å². The molecule has 0 unspecified atom stereocenters. The number of halogens is 1. The minimum atomic E-state index is -0.287. The van der Waals surface area contributed by atoms with Gasteiger partial charge in [-0.2, -0.15) is 5.10 Å². The average Bonchev–Trinajstić information content (AvgIpc) is 2.46. The molecule has 0 bridgehead atoms. The number of nitrogens with zero attached hydrogens (tertiary/aromatic N) is 1. The van der Waals surface area contributed by atoms with Crippen molar-refractivity contribution in [2.24, 2.45) is 5.10 Å². The van der Waals surface area contributed by atoms with Crippen LogP contribution >= 0.6 is 11.6 Å². The van der Waals surface area contributed by atoms with Crippen LogP contribution < -0.4 is 5.43 Å². The Morgan fingerprint density at radius 1 is 0.889 bits per heavy atom. The van der Waals surface area contributed by atoms with Gasteiger partial charge in [0.05, 0.1) is 0 Å². The van der Waals surface area contributed by atoms with Crippen LogP contribution in [-0.2, 0) is 0 Å². The molecule has 0 heterocycles. The van der Waals surface area contributed by atoms with E-state index in [0.717, 1.165) is 5.56 Å². The van der Waals surface area contributed by atoms with E-state index in [0.29, 0.717) is 5.56 Å². The predicted octanol–water partition coefficient (Wildman–Crippen LogP) is 3.02. The van der Waals surface area contributed by atoms with Crippen LogP contribution in [0.4, 0.5) is 0 Å². The third kappa shape index (κ3) is 3.18. The number of hydrogen-bond acceptors (Lipinski definition) is 2. The smallest absolute Gasteiger partial charge is 0.267 e. The van der Waals surface area contributed by atoms with Gasteiger partial charge in [0.15, 0.2) is 5.17 Å². The molecule has 90 valence electrons. The summed E-state index contributed by atoms with van der Waals surface area (Å²) in [5.74, 6) is -0.287. The number of hydrogen-bond donors (Lipinski definition) is 1. The molecule has 2 aromatic carbocycles. The number of carbonyl (C=O) groups is 1. The Morgan fingerprint density at radius 2 is 1.39 bits per heavy atom. The van der Waals surface area contributed by atoms with Gasteiger partial charge in [-0.05, 0) is 12.1 Å². The zero-order chi connectivity index (χ0) is 12.8. The highest BCUT2D eigenvalue weighted by molar-refractivity contribution is 6.69. The normalized spacial score (nSPS) is 11.1. The first kappa shape index (κ1) is 12.3. The molecule has 0 aliphatic carbocycles. The molecule has 1 N–H and O–H groups in total. The second-order valence-corrected chi connectivity index (χ2v) is 3.93. The summed E-state index contributed by atoms with van der Waals surface area (Å²) >= 11 is 5.97. The second-order valence-electron chi connectivity index (χ2n) is 3.58. The SMILES string of the molecule is O=C(NN=C(Cl)c1ccccc1)c1ccccc1. The van der Waals surface area contributed by atoms with Gasteiger partial charge in [0.1, 0.15) is 0 Å². The summed E-state index contributed by atoms with van der Waals surface area (Å²) in [6.45, 7) is 0. The summed E-state index contributed by atoms with van der Waals surface area (Å²) in [7, 11) is 0. The summed E-state index contributed by atoms with van der Waals surface area (Å²) in [5, 5.41) is 4.10. The van der Waals surface area contributed by atoms with Gasteiger partial charge >= 0.3 is 0 Å². The highest BCUT2D eigenvalue weighted by Gasteiger charge is 2.04. The Morgan fingerprint density at radius 3 is 1.94 bits per heavy atom. The maximum absolute atomic E-state index is 11.7. The quantitative estimate of drug-likeness (QED) is 0.667. The van der Waals surface area contributed by atoms with Crippen molar-refractivity contribution in [3.05, 3.63) is 71.8 Å². The van der Waals surface area contributed by atoms with Gasteiger partial charge < -0.3 is 0 Å². The van der Waals surface area contributed by atoms with Gasteiger partial charge in [-0.3, -0.25) is 4.79 Å². The highest BCUT2D eigenvalue weighted by atomic mass is 35.5. The van der Waals surface area contributed by atoms with Crippen molar-refractivity contribution in [3.63, 3.8) is 0 Å². The van der Waals surface area contributed by atoms with Gasteiger partial charge in [-0.25, -0.2) is 5.43 Å². The van der Waals surface area contributed by atoms with E-state index in [-0.39, 0.29) is 11.1 Å². The fourth-order valence-corrected chi connectivity index (χ4v) is 1.56. The number of hydrazone groups is 1. The maximum Gasteiger partial charge on any atom is 0.271 e. The van der Waals surface area contributed by atoms with E-state index in [1.54, 1.807) is 24.3 Å². The van der Waals surface area contributed by atoms with E-state index in [2.05, 4.69) is 10.5 Å². The van der Waals surface area contributed by atoms with Crippen molar-refractivity contribution in [3.8, 4) is 0 Å². The molecule has 3 nitrogen and oxygen atoms in total. The van der Waals surface area contributed by atoms with Crippen LogP contribution in [0.5, 0.6) is 0 Å². The van der Waals surface area contributed by atoms with Gasteiger partial charge in [-0.15, -0.1) is 0 Å². The fraction of sp³-hybridized carbons (Fsp3) is 0. The summed E-state index contributed by atoms with van der Waals surface area (Å²) in [6.07, 6.45) is 0. The van der Waals surface area contributed by atoms with Crippen LogP contribution in [0.3, 0.4) is 0 Å². The Kier molecular flexibility index (Phi) is 4.10. The zero-order valence-electron chi connectivity index (χ0n) is 9.51. The Balaban J connectivity index is 2.05. The summed E-state index contributed by atoms with van der Waals surface area (Å²) in [6, 6.07) is 18.1. The van der Waals surface area contributed by atoms with E-state index in [9.17, 15) is 4.79 Å². The zero-order valence-corrected chi connectivity index (χ0v) is 10.3. The largest absolute Gasteiger partial charge is 0.271 e. The average molecular weight is 259 g/mol. The standard InChI is InChI=1S/C14H11ClN2O/c15-13(11-7-3-1-4-8-11)16-17-14(18)12-9-5-2-6-10-12/h1-10H,(H,17,18). The van der Waals surface area contributed by atoms with Crippen LogP contribution in [-0.4, -0.2) is 11.1 Å². The van der Waals surface area contributed by atoms with Gasteiger partial charge in [0.25, 0.3) is 5.91 Å². The molecule has 1 amide bonds. The van der Waals surface area contributed by atoms with E-state index in [1.165, 1.54) is 0 Å². The number of benzene rings is 2. The highest BCUT2D eigenvalue weighted by Crippen LogP contribution is 2.04. The Labute approximate surface area is 110 Å². The molecular formula is C14H11ClN2O. The lowest BCUT2D eigenvalue weighted by Gasteiger charge is -2.01. The fourth-order valence-electron chi connectivity index (χ4n) is 1.39. The lowest BCUT2D eigenvalue weighted by molar-refractivity contribution is 0.0955. The molecule has 4 heteroatoms. The van der Waals surface area contributed by atoms with Crippen molar-refractivity contribution in [2.45, 2.75) is 0 Å². The lowest BCUT2D eigenvalue weighted by atomic mass is 10.2. The first-order valence-electron chi connectivity index (χ1n) is 5.41. The van der Waals surface area contributed by atoms with Crippen molar-refractivity contribution in [1.82, 2.24) is 5.43 Å². The minimum Gasteiger partial charge on any atom is -0.267 e. The molecule has 0 aromatic heterocycles. The molecule has 18 heavy (non-hydrogen) atoms. The van der Waals surface area contributed by atoms with Crippen LogP contribution in [0.2, 0.25) is 0 Å². The van der Waals surface area contributed by atoms with Crippen molar-refractivity contribution >= 4 is 22.7 Å². The van der Waals surface area contributed by atoms with Crippen molar-refractivity contribution < 1.29 is 4.79 Å². The lowest BCUT2D eigenvalue weighted by Crippen LogP contribution is -2.18. The molecule has 2 rings (SSSR count). The number of rotatable bonds is 3. The summed E-state index contributed by atoms with van der Waals surface area (Å²) < 4.78 is 0. The van der Waals surface area contributed by atoms with E-state index >= 15 is 0 Å². The summed E-state index contributed by atoms with van der Waals surface area (Å²) in [4.78, 5) is 11.7. The second kappa shape index (κ2) is 5.98. The number of carbonyl (C=O) groups excluding carboxylic acids is 1. The van der Waals surface area contributed by atoms with E-state index in [1.807, 2.05) is 36.4 Å². The number of nitrogens with one attached hydrogen (secondary N) is 1. The minimum absolute atomic E-state index is 0.250. The van der Waals surface area contributed by atoms with E-state index < -0.39 is 0 Å². The van der Waals surface area contributed by atoms with Crippen LogP contribution in [0.1, 0.15) is 15.9 Å². The molecule has 0 aliphatic heterocycles. The topological polar surface area (TPSA) is 41.5 Å². The van der Waals surface area contributed by atoms with Gasteiger partial charge in [-0.1, -0.05) is 60.1 Å². The Hall–Kier alpha value is -2.13. The molecule has 2 aromatic rings. The monoisotopic (exact) mass is 258 g/mol. The predicted molar refractivity (Wildman–Crippen MR) is 72.7 cm³/mol. The van der Waals surface area contributed by atoms with Crippen LogP contribution in [0.25, 0.3) is 0 Å². The molecule has 0 spiro atoms. The van der Waals surface area contributed by atoms with Crippen molar-refractivity contribution in [1.29, 1.82) is 0 Å². The first-order chi connectivity index (χ1) is 8.77. The van der Waals surface area contributed by atoms with Crippen molar-refractivity contribution in [2.75, 3.05) is 0 Å². The molecule has 0 radical (unpaired) electrons.